The van der Waals surface area contributed by atoms with Crippen molar-refractivity contribution < 1.29 is 18.7 Å². The van der Waals surface area contributed by atoms with Gasteiger partial charge in [-0.1, -0.05) is 6.07 Å². The summed E-state index contributed by atoms with van der Waals surface area (Å²) in [4.78, 5) is 26.2. The SMILES string of the molecule is Cc1ccc(C(=O)N2CCC3(CCCO3)C(=O)C2)cc1F. The number of benzene rings is 1. The fourth-order valence-corrected chi connectivity index (χ4v) is 3.05. The van der Waals surface area contributed by atoms with Crippen LogP contribution in [0.3, 0.4) is 0 Å². The molecule has 0 aliphatic carbocycles. The smallest absolute Gasteiger partial charge is 0.254 e. The van der Waals surface area contributed by atoms with Gasteiger partial charge in [0.1, 0.15) is 11.4 Å². The standard InChI is InChI=1S/C16H18FNO3/c1-11-3-4-12(9-13(11)17)15(20)18-7-6-16(14(19)10-18)5-2-8-21-16/h3-4,9H,2,5-8,10H2,1H3. The number of hydrogen-bond donors (Lipinski definition) is 0. The van der Waals surface area contributed by atoms with Gasteiger partial charge in [-0.3, -0.25) is 9.59 Å². The van der Waals surface area contributed by atoms with Gasteiger partial charge in [-0.05, 0) is 37.5 Å². The highest BCUT2D eigenvalue weighted by Crippen LogP contribution is 2.33. The molecule has 1 aromatic carbocycles. The minimum atomic E-state index is -0.671. The van der Waals surface area contributed by atoms with Crippen LogP contribution in [0.5, 0.6) is 0 Å². The molecule has 0 radical (unpaired) electrons. The summed E-state index contributed by atoms with van der Waals surface area (Å²) >= 11 is 0. The topological polar surface area (TPSA) is 46.6 Å². The summed E-state index contributed by atoms with van der Waals surface area (Å²) in [6, 6.07) is 4.41. The highest BCUT2D eigenvalue weighted by Gasteiger charge is 2.46. The number of carbonyl (C=O) groups excluding carboxylic acids is 2. The maximum absolute atomic E-state index is 13.6. The first-order chi connectivity index (χ1) is 10.0. The number of carbonyl (C=O) groups is 2. The maximum Gasteiger partial charge on any atom is 0.254 e. The quantitative estimate of drug-likeness (QED) is 0.796. The number of aryl methyl sites for hydroxylation is 1. The van der Waals surface area contributed by atoms with E-state index in [4.69, 9.17) is 4.74 Å². The molecule has 0 saturated carbocycles. The van der Waals surface area contributed by atoms with Crippen LogP contribution in [0.1, 0.15) is 35.2 Å². The second kappa shape index (κ2) is 5.22. The lowest BCUT2D eigenvalue weighted by Crippen LogP contribution is -2.53. The third-order valence-corrected chi connectivity index (χ3v) is 4.44. The molecule has 2 saturated heterocycles. The van der Waals surface area contributed by atoms with Crippen molar-refractivity contribution in [3.63, 3.8) is 0 Å². The van der Waals surface area contributed by atoms with Crippen LogP contribution < -0.4 is 0 Å². The average molecular weight is 291 g/mol. The van der Waals surface area contributed by atoms with Gasteiger partial charge in [0.2, 0.25) is 0 Å². The van der Waals surface area contributed by atoms with Gasteiger partial charge < -0.3 is 9.64 Å². The predicted octanol–water partition coefficient (Wildman–Crippen LogP) is 2.10. The zero-order valence-electron chi connectivity index (χ0n) is 12.0. The summed E-state index contributed by atoms with van der Waals surface area (Å²) in [5, 5.41) is 0. The Hall–Kier alpha value is -1.75. The molecule has 0 aromatic heterocycles. The van der Waals surface area contributed by atoms with Crippen LogP contribution in [-0.2, 0) is 9.53 Å². The first-order valence-corrected chi connectivity index (χ1v) is 7.24. The molecule has 1 amide bonds. The minimum absolute atomic E-state index is 0.0350. The maximum atomic E-state index is 13.6. The van der Waals surface area contributed by atoms with E-state index in [1.165, 1.54) is 11.0 Å². The minimum Gasteiger partial charge on any atom is -0.367 e. The summed E-state index contributed by atoms with van der Waals surface area (Å²) < 4.78 is 19.2. The van der Waals surface area contributed by atoms with Crippen LogP contribution in [0.25, 0.3) is 0 Å². The normalized spacial score (nSPS) is 25.6. The van der Waals surface area contributed by atoms with Gasteiger partial charge in [-0.2, -0.15) is 0 Å². The van der Waals surface area contributed by atoms with E-state index in [0.717, 1.165) is 12.8 Å². The molecule has 2 heterocycles. The Bertz CT molecular complexity index is 593. The van der Waals surface area contributed by atoms with Crippen molar-refractivity contribution in [2.24, 2.45) is 0 Å². The highest BCUT2D eigenvalue weighted by atomic mass is 19.1. The van der Waals surface area contributed by atoms with Gasteiger partial charge in [0.25, 0.3) is 5.91 Å². The zero-order chi connectivity index (χ0) is 15.0. The van der Waals surface area contributed by atoms with E-state index in [-0.39, 0.29) is 23.8 Å². The Morgan fingerprint density at radius 3 is 2.81 bits per heavy atom. The van der Waals surface area contributed by atoms with Gasteiger partial charge in [0.05, 0.1) is 6.54 Å². The summed E-state index contributed by atoms with van der Waals surface area (Å²) in [6.45, 7) is 2.78. The lowest BCUT2D eigenvalue weighted by Gasteiger charge is -2.37. The number of halogens is 1. The highest BCUT2D eigenvalue weighted by molar-refractivity contribution is 5.99. The lowest BCUT2D eigenvalue weighted by atomic mass is 9.87. The fraction of sp³-hybridized carbons (Fsp3) is 0.500. The van der Waals surface area contributed by atoms with Crippen molar-refractivity contribution in [3.05, 3.63) is 35.1 Å². The zero-order valence-corrected chi connectivity index (χ0v) is 12.0. The molecule has 1 spiro atoms. The van der Waals surface area contributed by atoms with Crippen LogP contribution in [0.2, 0.25) is 0 Å². The Labute approximate surface area is 122 Å². The summed E-state index contributed by atoms with van der Waals surface area (Å²) in [7, 11) is 0. The van der Waals surface area contributed by atoms with Crippen LogP contribution in [0.15, 0.2) is 18.2 Å². The molecule has 2 aliphatic heterocycles. The van der Waals surface area contributed by atoms with Crippen LogP contribution in [0, 0.1) is 12.7 Å². The number of ether oxygens (including phenoxy) is 1. The van der Waals surface area contributed by atoms with E-state index in [1.807, 2.05) is 0 Å². The first kappa shape index (κ1) is 14.2. The fourth-order valence-electron chi connectivity index (χ4n) is 3.05. The van der Waals surface area contributed by atoms with Crippen molar-refractivity contribution in [2.45, 2.75) is 31.8 Å². The molecule has 4 nitrogen and oxygen atoms in total. The summed E-state index contributed by atoms with van der Waals surface area (Å²) in [5.41, 5.74) is 0.115. The first-order valence-electron chi connectivity index (χ1n) is 7.24. The molecule has 0 N–H and O–H groups in total. The van der Waals surface area contributed by atoms with E-state index in [0.29, 0.717) is 25.1 Å². The number of amides is 1. The number of Topliss-reactive ketones (excluding diaryl/α,β-unsaturated/α-hetero) is 1. The van der Waals surface area contributed by atoms with E-state index >= 15 is 0 Å². The molecule has 112 valence electrons. The Morgan fingerprint density at radius 2 is 2.19 bits per heavy atom. The molecule has 1 unspecified atom stereocenters. The van der Waals surface area contributed by atoms with Gasteiger partial charge in [0, 0.05) is 25.1 Å². The number of nitrogens with zero attached hydrogens (tertiary/aromatic N) is 1. The monoisotopic (exact) mass is 291 g/mol. The number of likely N-dealkylation sites (tertiary alicyclic amines) is 1. The largest absolute Gasteiger partial charge is 0.367 e. The number of rotatable bonds is 1. The number of piperidine rings is 1. The molecule has 2 aliphatic rings. The molecule has 1 atom stereocenters. The van der Waals surface area contributed by atoms with Crippen molar-refractivity contribution in [2.75, 3.05) is 19.7 Å². The Kier molecular flexibility index (Phi) is 3.53. The molecular formula is C16H18FNO3. The van der Waals surface area contributed by atoms with Gasteiger partial charge in [-0.25, -0.2) is 4.39 Å². The number of hydrogen-bond acceptors (Lipinski definition) is 3. The average Bonchev–Trinajstić information content (AvgIpc) is 2.94. The van der Waals surface area contributed by atoms with Crippen LogP contribution in [0.4, 0.5) is 4.39 Å². The van der Waals surface area contributed by atoms with Crippen molar-refractivity contribution >= 4 is 11.7 Å². The van der Waals surface area contributed by atoms with E-state index < -0.39 is 11.4 Å². The number of ketones is 1. The second-order valence-electron chi connectivity index (χ2n) is 5.81. The lowest BCUT2D eigenvalue weighted by molar-refractivity contribution is -0.144. The molecule has 5 heteroatoms. The summed E-state index contributed by atoms with van der Waals surface area (Å²) in [6.07, 6.45) is 2.17. The van der Waals surface area contributed by atoms with Crippen molar-refractivity contribution in [1.82, 2.24) is 4.90 Å². The predicted molar refractivity (Wildman–Crippen MR) is 74.6 cm³/mol. The van der Waals surface area contributed by atoms with Gasteiger partial charge in [0.15, 0.2) is 5.78 Å². The molecule has 21 heavy (non-hydrogen) atoms. The Morgan fingerprint density at radius 1 is 1.38 bits per heavy atom. The summed E-state index contributed by atoms with van der Waals surface area (Å²) in [5.74, 6) is -0.734. The molecule has 3 rings (SSSR count). The molecular weight excluding hydrogens is 273 g/mol. The van der Waals surface area contributed by atoms with E-state index in [2.05, 4.69) is 0 Å². The third kappa shape index (κ3) is 2.46. The van der Waals surface area contributed by atoms with E-state index in [9.17, 15) is 14.0 Å². The molecule has 2 fully saturated rings. The molecule has 1 aromatic rings. The Balaban J connectivity index is 1.75. The molecule has 0 bridgehead atoms. The van der Waals surface area contributed by atoms with Crippen LogP contribution >= 0.6 is 0 Å². The van der Waals surface area contributed by atoms with E-state index in [1.54, 1.807) is 19.1 Å². The van der Waals surface area contributed by atoms with Crippen LogP contribution in [-0.4, -0.2) is 41.9 Å². The van der Waals surface area contributed by atoms with Gasteiger partial charge >= 0.3 is 0 Å². The third-order valence-electron chi connectivity index (χ3n) is 4.44. The van der Waals surface area contributed by atoms with Gasteiger partial charge in [-0.15, -0.1) is 0 Å². The second-order valence-corrected chi connectivity index (χ2v) is 5.81. The van der Waals surface area contributed by atoms with Crippen molar-refractivity contribution in [3.8, 4) is 0 Å². The van der Waals surface area contributed by atoms with Crippen molar-refractivity contribution in [1.29, 1.82) is 0 Å².